The highest BCUT2D eigenvalue weighted by molar-refractivity contribution is 6.10. The van der Waals surface area contributed by atoms with Gasteiger partial charge in [-0.25, -0.2) is 0 Å². The lowest BCUT2D eigenvalue weighted by atomic mass is 10.1. The number of amides is 1. The Balaban J connectivity index is 1.65. The fourth-order valence-corrected chi connectivity index (χ4v) is 3.36. The zero-order valence-electron chi connectivity index (χ0n) is 14.4. The second-order valence-corrected chi connectivity index (χ2v) is 6.16. The number of benzene rings is 2. The summed E-state index contributed by atoms with van der Waals surface area (Å²) >= 11 is 0. The maximum atomic E-state index is 12.8. The first kappa shape index (κ1) is 15.7. The second kappa shape index (κ2) is 6.26. The van der Waals surface area contributed by atoms with Crippen LogP contribution in [-0.2, 0) is 17.8 Å². The van der Waals surface area contributed by atoms with Crippen LogP contribution in [0.25, 0.3) is 10.9 Å². The van der Waals surface area contributed by atoms with Crippen molar-refractivity contribution in [3.63, 3.8) is 0 Å². The van der Waals surface area contributed by atoms with Gasteiger partial charge in [-0.05, 0) is 42.0 Å². The summed E-state index contributed by atoms with van der Waals surface area (Å²) in [5, 5.41) is 1.12. The Morgan fingerprint density at radius 2 is 1.96 bits per heavy atom. The van der Waals surface area contributed by atoms with Gasteiger partial charge in [0.15, 0.2) is 0 Å². The molecule has 0 saturated heterocycles. The van der Waals surface area contributed by atoms with Crippen LogP contribution in [0.1, 0.15) is 15.9 Å². The van der Waals surface area contributed by atoms with Gasteiger partial charge in [0.1, 0.15) is 5.75 Å². The van der Waals surface area contributed by atoms with E-state index in [1.54, 1.807) is 14.2 Å². The van der Waals surface area contributed by atoms with Gasteiger partial charge in [-0.15, -0.1) is 0 Å². The van der Waals surface area contributed by atoms with Crippen LogP contribution in [0.4, 0.5) is 5.69 Å². The summed E-state index contributed by atoms with van der Waals surface area (Å²) < 4.78 is 12.6. The third kappa shape index (κ3) is 2.66. The molecule has 0 atom stereocenters. The first-order chi connectivity index (χ1) is 12.2. The van der Waals surface area contributed by atoms with E-state index in [-0.39, 0.29) is 5.91 Å². The molecule has 3 aromatic rings. The number of hydrogen-bond acceptors (Lipinski definition) is 3. The number of aromatic nitrogens is 1. The van der Waals surface area contributed by atoms with E-state index in [0.717, 1.165) is 34.3 Å². The summed E-state index contributed by atoms with van der Waals surface area (Å²) in [7, 11) is 3.32. The van der Waals surface area contributed by atoms with Crippen molar-refractivity contribution in [3.05, 3.63) is 59.8 Å². The standard InChI is InChI=1S/C20H20N2O3/c1-24-10-9-21-8-7-14-11-16(4-6-19(14)21)22-13-15-3-5-17(25-2)12-18(15)20(22)23/h3-8,11-12H,9-10,13H2,1-2H3. The van der Waals surface area contributed by atoms with Crippen LogP contribution in [0, 0.1) is 0 Å². The lowest BCUT2D eigenvalue weighted by Crippen LogP contribution is -2.22. The third-order valence-corrected chi connectivity index (χ3v) is 4.72. The lowest BCUT2D eigenvalue weighted by Gasteiger charge is -2.16. The summed E-state index contributed by atoms with van der Waals surface area (Å²) in [6.45, 7) is 2.08. The molecule has 0 unspecified atom stereocenters. The number of ether oxygens (including phenoxy) is 2. The van der Waals surface area contributed by atoms with Crippen molar-refractivity contribution in [1.29, 1.82) is 0 Å². The van der Waals surface area contributed by atoms with Crippen LogP contribution < -0.4 is 9.64 Å². The van der Waals surface area contributed by atoms with E-state index >= 15 is 0 Å². The van der Waals surface area contributed by atoms with Gasteiger partial charge in [-0.2, -0.15) is 0 Å². The molecule has 5 heteroatoms. The van der Waals surface area contributed by atoms with E-state index in [2.05, 4.69) is 29.0 Å². The normalized spacial score (nSPS) is 13.5. The van der Waals surface area contributed by atoms with Crippen molar-refractivity contribution < 1.29 is 14.3 Å². The Kier molecular flexibility index (Phi) is 3.93. The van der Waals surface area contributed by atoms with Crippen LogP contribution in [0.15, 0.2) is 48.7 Å². The number of carbonyl (C=O) groups is 1. The van der Waals surface area contributed by atoms with E-state index in [0.29, 0.717) is 18.9 Å². The molecule has 0 spiro atoms. The zero-order valence-corrected chi connectivity index (χ0v) is 14.4. The molecule has 0 saturated carbocycles. The molecule has 0 radical (unpaired) electrons. The van der Waals surface area contributed by atoms with Crippen molar-refractivity contribution in [1.82, 2.24) is 4.57 Å². The van der Waals surface area contributed by atoms with Crippen LogP contribution in [0.2, 0.25) is 0 Å². The molecule has 5 nitrogen and oxygen atoms in total. The van der Waals surface area contributed by atoms with Crippen molar-refractivity contribution in [2.45, 2.75) is 13.1 Å². The van der Waals surface area contributed by atoms with Gasteiger partial charge in [-0.3, -0.25) is 4.79 Å². The van der Waals surface area contributed by atoms with Crippen molar-refractivity contribution in [2.24, 2.45) is 0 Å². The number of hydrogen-bond donors (Lipinski definition) is 0. The van der Waals surface area contributed by atoms with Crippen molar-refractivity contribution >= 4 is 22.5 Å². The number of fused-ring (bicyclic) bond motifs is 2. The monoisotopic (exact) mass is 336 g/mol. The predicted octanol–water partition coefficient (Wildman–Crippen LogP) is 3.46. The summed E-state index contributed by atoms with van der Waals surface area (Å²) in [5.41, 5.74) is 3.81. The van der Waals surface area contributed by atoms with Crippen LogP contribution in [-0.4, -0.2) is 31.3 Å². The molecule has 2 heterocycles. The van der Waals surface area contributed by atoms with E-state index in [1.807, 2.05) is 29.2 Å². The summed E-state index contributed by atoms with van der Waals surface area (Å²) in [5.74, 6) is 0.728. The van der Waals surface area contributed by atoms with Crippen molar-refractivity contribution in [3.8, 4) is 5.75 Å². The molecule has 1 amide bonds. The maximum Gasteiger partial charge on any atom is 0.259 e. The molecule has 128 valence electrons. The quantitative estimate of drug-likeness (QED) is 0.717. The number of methoxy groups -OCH3 is 2. The number of anilines is 1. The first-order valence-electron chi connectivity index (χ1n) is 8.28. The molecule has 1 aromatic heterocycles. The van der Waals surface area contributed by atoms with E-state index < -0.39 is 0 Å². The zero-order chi connectivity index (χ0) is 17.4. The average Bonchev–Trinajstić information content (AvgIpc) is 3.20. The third-order valence-electron chi connectivity index (χ3n) is 4.72. The van der Waals surface area contributed by atoms with Crippen molar-refractivity contribution in [2.75, 3.05) is 25.7 Å². The minimum absolute atomic E-state index is 0.0204. The van der Waals surface area contributed by atoms with Crippen LogP contribution >= 0.6 is 0 Å². The fraction of sp³-hybridized carbons (Fsp3) is 0.250. The highest BCUT2D eigenvalue weighted by Crippen LogP contribution is 2.32. The largest absolute Gasteiger partial charge is 0.497 e. The van der Waals surface area contributed by atoms with E-state index in [4.69, 9.17) is 9.47 Å². The Hall–Kier alpha value is -2.79. The van der Waals surface area contributed by atoms with Gasteiger partial charge in [0.05, 0.1) is 20.3 Å². The SMILES string of the molecule is COCCn1ccc2cc(N3Cc4ccc(OC)cc4C3=O)ccc21. The molecule has 1 aliphatic rings. The molecule has 0 fully saturated rings. The topological polar surface area (TPSA) is 43.7 Å². The second-order valence-electron chi connectivity index (χ2n) is 6.16. The molecular weight excluding hydrogens is 316 g/mol. The van der Waals surface area contributed by atoms with Gasteiger partial charge in [0, 0.05) is 42.0 Å². The first-order valence-corrected chi connectivity index (χ1v) is 8.28. The van der Waals surface area contributed by atoms with Crippen LogP contribution in [0.5, 0.6) is 5.75 Å². The van der Waals surface area contributed by atoms with E-state index in [1.165, 1.54) is 0 Å². The Morgan fingerprint density at radius 1 is 1.08 bits per heavy atom. The fourth-order valence-electron chi connectivity index (χ4n) is 3.36. The summed E-state index contributed by atoms with van der Waals surface area (Å²) in [4.78, 5) is 14.6. The minimum Gasteiger partial charge on any atom is -0.497 e. The van der Waals surface area contributed by atoms with Gasteiger partial charge in [0.2, 0.25) is 0 Å². The molecule has 1 aliphatic heterocycles. The molecule has 0 N–H and O–H groups in total. The summed E-state index contributed by atoms with van der Waals surface area (Å²) in [6, 6.07) is 13.9. The molecule has 25 heavy (non-hydrogen) atoms. The highest BCUT2D eigenvalue weighted by Gasteiger charge is 2.29. The van der Waals surface area contributed by atoms with Gasteiger partial charge < -0.3 is 18.9 Å². The maximum absolute atomic E-state index is 12.8. The van der Waals surface area contributed by atoms with Gasteiger partial charge in [-0.1, -0.05) is 6.07 Å². The molecule has 0 bridgehead atoms. The van der Waals surface area contributed by atoms with Gasteiger partial charge in [0.25, 0.3) is 5.91 Å². The summed E-state index contributed by atoms with van der Waals surface area (Å²) in [6.07, 6.45) is 2.05. The number of rotatable bonds is 5. The minimum atomic E-state index is 0.0204. The van der Waals surface area contributed by atoms with Crippen LogP contribution in [0.3, 0.4) is 0 Å². The Labute approximate surface area is 146 Å². The average molecular weight is 336 g/mol. The Bertz CT molecular complexity index is 945. The smallest absolute Gasteiger partial charge is 0.259 e. The molecule has 2 aromatic carbocycles. The lowest BCUT2D eigenvalue weighted by molar-refractivity contribution is 0.0996. The highest BCUT2D eigenvalue weighted by atomic mass is 16.5. The molecule has 0 aliphatic carbocycles. The number of carbonyl (C=O) groups excluding carboxylic acids is 1. The Morgan fingerprint density at radius 3 is 2.76 bits per heavy atom. The van der Waals surface area contributed by atoms with E-state index in [9.17, 15) is 4.79 Å². The molecule has 4 rings (SSSR count). The number of nitrogens with zero attached hydrogens (tertiary/aromatic N) is 2. The predicted molar refractivity (Wildman–Crippen MR) is 97.3 cm³/mol. The molecular formula is C20H20N2O3. The van der Waals surface area contributed by atoms with Gasteiger partial charge >= 0.3 is 0 Å².